The van der Waals surface area contributed by atoms with Crippen LogP contribution in [0.2, 0.25) is 0 Å². The number of nitrogens with one attached hydrogen (secondary N) is 1. The van der Waals surface area contributed by atoms with Gasteiger partial charge in [-0.2, -0.15) is 0 Å². The molecule has 1 saturated heterocycles. The van der Waals surface area contributed by atoms with Gasteiger partial charge >= 0.3 is 0 Å². The van der Waals surface area contributed by atoms with Crippen LogP contribution in [0.15, 0.2) is 65.6 Å². The van der Waals surface area contributed by atoms with Gasteiger partial charge in [0.15, 0.2) is 0 Å². The van der Waals surface area contributed by atoms with Crippen molar-refractivity contribution in [2.24, 2.45) is 0 Å². The van der Waals surface area contributed by atoms with Crippen LogP contribution in [0.5, 0.6) is 0 Å². The van der Waals surface area contributed by atoms with Crippen molar-refractivity contribution < 1.29 is 4.79 Å². The van der Waals surface area contributed by atoms with Gasteiger partial charge < -0.3 is 10.2 Å². The van der Waals surface area contributed by atoms with E-state index in [0.29, 0.717) is 6.42 Å². The van der Waals surface area contributed by atoms with E-state index in [0.717, 1.165) is 51.4 Å². The summed E-state index contributed by atoms with van der Waals surface area (Å²) in [5.74, 6) is 0.990. The number of anilines is 1. The molecule has 0 bridgehead atoms. The van der Waals surface area contributed by atoms with Gasteiger partial charge in [-0.25, -0.2) is 0 Å². The van der Waals surface area contributed by atoms with Crippen molar-refractivity contribution in [1.82, 2.24) is 10.2 Å². The highest BCUT2D eigenvalue weighted by Gasteiger charge is 2.16. The van der Waals surface area contributed by atoms with Crippen molar-refractivity contribution in [2.45, 2.75) is 17.7 Å². The Hall–Kier alpha value is -1.98. The monoisotopic (exact) mass is 383 g/mol. The van der Waals surface area contributed by atoms with Crippen LogP contribution >= 0.6 is 11.8 Å². The first-order valence-corrected chi connectivity index (χ1v) is 10.8. The molecule has 4 nitrogen and oxygen atoms in total. The van der Waals surface area contributed by atoms with Gasteiger partial charge in [0.1, 0.15) is 0 Å². The second-order valence-corrected chi connectivity index (χ2v) is 7.95. The summed E-state index contributed by atoms with van der Waals surface area (Å²) in [6, 6.07) is 20.9. The largest absolute Gasteiger partial charge is 0.369 e. The van der Waals surface area contributed by atoms with Crippen molar-refractivity contribution in [2.75, 3.05) is 49.9 Å². The Bertz CT molecular complexity index is 672. The smallest absolute Gasteiger partial charge is 0.220 e. The van der Waals surface area contributed by atoms with E-state index in [1.54, 1.807) is 11.8 Å². The van der Waals surface area contributed by atoms with E-state index in [2.05, 4.69) is 57.6 Å². The lowest BCUT2D eigenvalue weighted by Crippen LogP contribution is -2.47. The molecule has 1 heterocycles. The SMILES string of the molecule is O=C(CCSc1ccccc1)NCCCN1CCN(c2ccccc2)CC1. The van der Waals surface area contributed by atoms with Gasteiger partial charge in [0.2, 0.25) is 5.91 Å². The third kappa shape index (κ3) is 6.92. The molecule has 1 amide bonds. The Morgan fingerprint density at radius 3 is 2.30 bits per heavy atom. The van der Waals surface area contributed by atoms with E-state index >= 15 is 0 Å². The molecule has 0 atom stereocenters. The van der Waals surface area contributed by atoms with Gasteiger partial charge in [0.05, 0.1) is 0 Å². The lowest BCUT2D eigenvalue weighted by molar-refractivity contribution is -0.120. The van der Waals surface area contributed by atoms with Crippen LogP contribution in [-0.4, -0.2) is 55.8 Å². The minimum absolute atomic E-state index is 0.160. The number of carbonyl (C=O) groups is 1. The van der Waals surface area contributed by atoms with Crippen molar-refractivity contribution in [3.8, 4) is 0 Å². The number of carbonyl (C=O) groups excluding carboxylic acids is 1. The van der Waals surface area contributed by atoms with Gasteiger partial charge in [0.25, 0.3) is 0 Å². The van der Waals surface area contributed by atoms with Crippen LogP contribution in [-0.2, 0) is 4.79 Å². The minimum atomic E-state index is 0.160. The van der Waals surface area contributed by atoms with Gasteiger partial charge in [-0.05, 0) is 37.2 Å². The Labute approximate surface area is 166 Å². The highest BCUT2D eigenvalue weighted by molar-refractivity contribution is 7.99. The number of para-hydroxylation sites is 1. The molecule has 0 aromatic heterocycles. The molecule has 1 fully saturated rings. The fourth-order valence-corrected chi connectivity index (χ4v) is 4.14. The Morgan fingerprint density at radius 2 is 1.59 bits per heavy atom. The molecular weight excluding hydrogens is 354 g/mol. The number of nitrogens with zero attached hydrogens (tertiary/aromatic N) is 2. The fourth-order valence-electron chi connectivity index (χ4n) is 3.27. The predicted octanol–water partition coefficient (Wildman–Crippen LogP) is 3.50. The van der Waals surface area contributed by atoms with E-state index < -0.39 is 0 Å². The molecule has 1 aliphatic rings. The van der Waals surface area contributed by atoms with Gasteiger partial charge in [-0.3, -0.25) is 9.69 Å². The summed E-state index contributed by atoms with van der Waals surface area (Å²) in [7, 11) is 0. The molecule has 3 rings (SSSR count). The minimum Gasteiger partial charge on any atom is -0.369 e. The molecule has 0 aliphatic carbocycles. The third-order valence-corrected chi connectivity index (χ3v) is 5.82. The summed E-state index contributed by atoms with van der Waals surface area (Å²) >= 11 is 1.74. The molecule has 2 aromatic rings. The normalized spacial score (nSPS) is 14.9. The fraction of sp³-hybridized carbons (Fsp3) is 0.409. The van der Waals surface area contributed by atoms with Gasteiger partial charge in [0, 0.05) is 55.5 Å². The van der Waals surface area contributed by atoms with Crippen LogP contribution in [0.25, 0.3) is 0 Å². The van der Waals surface area contributed by atoms with E-state index in [9.17, 15) is 4.79 Å². The second kappa shape index (κ2) is 11.0. The second-order valence-electron chi connectivity index (χ2n) is 6.78. The van der Waals surface area contributed by atoms with Crippen LogP contribution < -0.4 is 10.2 Å². The van der Waals surface area contributed by atoms with E-state index in [1.165, 1.54) is 10.6 Å². The van der Waals surface area contributed by atoms with Gasteiger partial charge in [-0.15, -0.1) is 11.8 Å². The van der Waals surface area contributed by atoms with Crippen LogP contribution in [0.1, 0.15) is 12.8 Å². The number of piperazine rings is 1. The molecule has 1 aliphatic heterocycles. The highest BCUT2D eigenvalue weighted by Crippen LogP contribution is 2.17. The molecule has 1 N–H and O–H groups in total. The summed E-state index contributed by atoms with van der Waals surface area (Å²) in [5.41, 5.74) is 1.32. The van der Waals surface area contributed by atoms with E-state index in [4.69, 9.17) is 0 Å². The lowest BCUT2D eigenvalue weighted by Gasteiger charge is -2.36. The van der Waals surface area contributed by atoms with Crippen molar-refractivity contribution >= 4 is 23.4 Å². The number of rotatable bonds is 9. The van der Waals surface area contributed by atoms with E-state index in [-0.39, 0.29) is 5.91 Å². The summed E-state index contributed by atoms with van der Waals surface area (Å²) in [6.07, 6.45) is 1.60. The Kier molecular flexibility index (Phi) is 8.05. The number of hydrogen-bond acceptors (Lipinski definition) is 4. The highest BCUT2D eigenvalue weighted by atomic mass is 32.2. The maximum Gasteiger partial charge on any atom is 0.220 e. The molecule has 0 unspecified atom stereocenters. The zero-order valence-electron chi connectivity index (χ0n) is 15.8. The average Bonchev–Trinajstić information content (AvgIpc) is 2.73. The third-order valence-electron chi connectivity index (χ3n) is 4.81. The lowest BCUT2D eigenvalue weighted by atomic mass is 10.2. The topological polar surface area (TPSA) is 35.6 Å². The van der Waals surface area contributed by atoms with Crippen molar-refractivity contribution in [1.29, 1.82) is 0 Å². The average molecular weight is 384 g/mol. The van der Waals surface area contributed by atoms with Crippen LogP contribution in [0.3, 0.4) is 0 Å². The number of benzene rings is 2. The van der Waals surface area contributed by atoms with Crippen LogP contribution in [0.4, 0.5) is 5.69 Å². The summed E-state index contributed by atoms with van der Waals surface area (Å²) < 4.78 is 0. The summed E-state index contributed by atoms with van der Waals surface area (Å²) in [5, 5.41) is 3.05. The molecular formula is C22H29N3OS. The molecule has 0 spiro atoms. The number of amides is 1. The van der Waals surface area contributed by atoms with E-state index in [1.807, 2.05) is 18.2 Å². The van der Waals surface area contributed by atoms with Crippen molar-refractivity contribution in [3.05, 3.63) is 60.7 Å². The Morgan fingerprint density at radius 1 is 0.926 bits per heavy atom. The number of hydrogen-bond donors (Lipinski definition) is 1. The quantitative estimate of drug-likeness (QED) is 0.531. The Balaban J connectivity index is 1.23. The van der Waals surface area contributed by atoms with Crippen LogP contribution in [0, 0.1) is 0 Å². The number of thioether (sulfide) groups is 1. The first-order valence-electron chi connectivity index (χ1n) is 9.78. The zero-order valence-corrected chi connectivity index (χ0v) is 16.7. The zero-order chi connectivity index (χ0) is 18.7. The maximum atomic E-state index is 11.9. The maximum absolute atomic E-state index is 11.9. The molecule has 2 aromatic carbocycles. The van der Waals surface area contributed by atoms with Gasteiger partial charge in [-0.1, -0.05) is 36.4 Å². The summed E-state index contributed by atoms with van der Waals surface area (Å²) in [4.78, 5) is 18.1. The predicted molar refractivity (Wildman–Crippen MR) is 115 cm³/mol. The standard InChI is InChI=1S/C22H29N3OS/c26-22(12-19-27-21-10-5-2-6-11-21)23-13-7-14-24-15-17-25(18-16-24)20-8-3-1-4-9-20/h1-6,8-11H,7,12-19H2,(H,23,26). The molecule has 5 heteroatoms. The van der Waals surface area contributed by atoms with Crippen molar-refractivity contribution in [3.63, 3.8) is 0 Å². The first kappa shape index (κ1) is 19.8. The molecule has 0 radical (unpaired) electrons. The first-order chi connectivity index (χ1) is 13.3. The molecule has 27 heavy (non-hydrogen) atoms. The molecule has 144 valence electrons. The summed E-state index contributed by atoms with van der Waals surface area (Å²) in [6.45, 7) is 6.17. The molecule has 0 saturated carbocycles.